The lowest BCUT2D eigenvalue weighted by molar-refractivity contribution is 0.542. The second-order valence-electron chi connectivity index (χ2n) is 5.11. The highest BCUT2D eigenvalue weighted by molar-refractivity contribution is 7.14. The number of aromatic nitrogens is 4. The third-order valence-electron chi connectivity index (χ3n) is 2.82. The first-order valence-electron chi connectivity index (χ1n) is 6.70. The molecule has 2 N–H and O–H groups in total. The molecule has 0 bridgehead atoms. The second-order valence-corrected chi connectivity index (χ2v) is 6.17. The molecule has 2 aromatic heterocycles. The lowest BCUT2D eigenvalue weighted by atomic mass is 10.2. The van der Waals surface area contributed by atoms with Gasteiger partial charge in [-0.15, -0.1) is 10.2 Å². The van der Waals surface area contributed by atoms with Crippen LogP contribution in [0.5, 0.6) is 0 Å². The first kappa shape index (κ1) is 14.1. The lowest BCUT2D eigenvalue weighted by Gasteiger charge is -2.05. The monoisotopic (exact) mass is 279 g/mol. The number of hydrogen-bond acceptors (Lipinski definition) is 5. The third kappa shape index (κ3) is 4.11. The highest BCUT2D eigenvalue weighted by Crippen LogP contribution is 2.25. The Morgan fingerprint density at radius 1 is 1.37 bits per heavy atom. The van der Waals surface area contributed by atoms with Gasteiger partial charge in [0, 0.05) is 12.1 Å². The maximum atomic E-state index is 4.25. The van der Waals surface area contributed by atoms with Crippen molar-refractivity contribution in [3.05, 3.63) is 16.9 Å². The average Bonchev–Trinajstić information content (AvgIpc) is 2.97. The smallest absolute Gasteiger partial charge is 0.151 e. The molecular weight excluding hydrogens is 258 g/mol. The minimum atomic E-state index is 0.706. The van der Waals surface area contributed by atoms with Crippen molar-refractivity contribution in [2.24, 2.45) is 5.92 Å². The van der Waals surface area contributed by atoms with Crippen molar-refractivity contribution in [2.45, 2.75) is 33.6 Å². The van der Waals surface area contributed by atoms with Gasteiger partial charge < -0.3 is 5.32 Å². The molecule has 2 rings (SSSR count). The Kier molecular flexibility index (Phi) is 5.04. The average molecular weight is 279 g/mol. The van der Waals surface area contributed by atoms with Crippen molar-refractivity contribution < 1.29 is 0 Å². The molecule has 0 amide bonds. The highest BCUT2D eigenvalue weighted by atomic mass is 32.1. The molecule has 0 aromatic carbocycles. The normalized spacial score (nSPS) is 11.4. The highest BCUT2D eigenvalue weighted by Gasteiger charge is 2.10. The molecule has 0 unspecified atom stereocenters. The fraction of sp³-hybridized carbons (Fsp3) is 0.615. The summed E-state index contributed by atoms with van der Waals surface area (Å²) >= 11 is 1.66. The summed E-state index contributed by atoms with van der Waals surface area (Å²) in [6.45, 7) is 8.56. The van der Waals surface area contributed by atoms with E-state index in [0.29, 0.717) is 5.92 Å². The Morgan fingerprint density at radius 2 is 2.21 bits per heavy atom. The summed E-state index contributed by atoms with van der Waals surface area (Å²) in [5.74, 6) is 0.706. The predicted molar refractivity (Wildman–Crippen MR) is 78.3 cm³/mol. The van der Waals surface area contributed by atoms with Crippen LogP contribution in [0.25, 0.3) is 10.6 Å². The van der Waals surface area contributed by atoms with Gasteiger partial charge in [0.05, 0.1) is 11.8 Å². The van der Waals surface area contributed by atoms with Gasteiger partial charge >= 0.3 is 0 Å². The van der Waals surface area contributed by atoms with Gasteiger partial charge in [0.2, 0.25) is 0 Å². The first-order valence-corrected chi connectivity index (χ1v) is 7.52. The van der Waals surface area contributed by atoms with E-state index < -0.39 is 0 Å². The second kappa shape index (κ2) is 6.77. The fourth-order valence-corrected chi connectivity index (χ4v) is 2.73. The van der Waals surface area contributed by atoms with E-state index in [1.165, 1.54) is 0 Å². The molecule has 0 radical (unpaired) electrons. The zero-order valence-electron chi connectivity index (χ0n) is 11.7. The van der Waals surface area contributed by atoms with Crippen LogP contribution in [0.1, 0.15) is 31.0 Å². The Labute approximate surface area is 117 Å². The van der Waals surface area contributed by atoms with Crippen LogP contribution in [0.4, 0.5) is 0 Å². The largest absolute Gasteiger partial charge is 0.316 e. The molecule has 0 fully saturated rings. The molecule has 0 atom stereocenters. The zero-order valence-corrected chi connectivity index (χ0v) is 12.5. The molecule has 0 spiro atoms. The summed E-state index contributed by atoms with van der Waals surface area (Å²) in [5, 5.41) is 20.9. The third-order valence-corrected chi connectivity index (χ3v) is 3.84. The van der Waals surface area contributed by atoms with Crippen LogP contribution in [0.3, 0.4) is 0 Å². The number of aryl methyl sites for hydroxylation is 2. The van der Waals surface area contributed by atoms with E-state index in [2.05, 4.69) is 39.6 Å². The number of hydrogen-bond donors (Lipinski definition) is 2. The molecule has 6 heteroatoms. The van der Waals surface area contributed by atoms with Gasteiger partial charge in [-0.05, 0) is 32.4 Å². The van der Waals surface area contributed by atoms with Gasteiger partial charge in [0.15, 0.2) is 5.01 Å². The zero-order chi connectivity index (χ0) is 13.7. The summed E-state index contributed by atoms with van der Waals surface area (Å²) in [4.78, 5) is 0. The molecule has 0 aliphatic heterocycles. The number of nitrogens with zero attached hydrogens (tertiary/aromatic N) is 3. The molecule has 2 aromatic rings. The summed E-state index contributed by atoms with van der Waals surface area (Å²) < 4.78 is 0. The summed E-state index contributed by atoms with van der Waals surface area (Å²) in [6.07, 6.45) is 3.90. The minimum Gasteiger partial charge on any atom is -0.316 e. The summed E-state index contributed by atoms with van der Waals surface area (Å²) in [6, 6.07) is 0. The first-order chi connectivity index (χ1) is 9.16. The van der Waals surface area contributed by atoms with E-state index in [0.717, 1.165) is 47.2 Å². The maximum Gasteiger partial charge on any atom is 0.151 e. The SMILES string of the molecule is Cc1[nH]ncc1-c1nnc(CCCNCC(C)C)s1. The molecule has 19 heavy (non-hydrogen) atoms. The van der Waals surface area contributed by atoms with Crippen LogP contribution in [-0.4, -0.2) is 33.5 Å². The molecule has 0 saturated carbocycles. The van der Waals surface area contributed by atoms with Crippen molar-refractivity contribution >= 4 is 11.3 Å². The molecule has 0 aliphatic rings. The van der Waals surface area contributed by atoms with E-state index in [-0.39, 0.29) is 0 Å². The van der Waals surface area contributed by atoms with Crippen molar-refractivity contribution in [1.29, 1.82) is 0 Å². The minimum absolute atomic E-state index is 0.706. The van der Waals surface area contributed by atoms with Crippen LogP contribution in [0.2, 0.25) is 0 Å². The molecule has 0 aliphatic carbocycles. The Morgan fingerprint density at radius 3 is 2.89 bits per heavy atom. The number of aromatic amines is 1. The lowest BCUT2D eigenvalue weighted by Crippen LogP contribution is -2.21. The number of H-pyrrole nitrogens is 1. The predicted octanol–water partition coefficient (Wildman–Crippen LogP) is 2.41. The van der Waals surface area contributed by atoms with Crippen LogP contribution in [0.15, 0.2) is 6.20 Å². The number of nitrogens with one attached hydrogen (secondary N) is 2. The maximum absolute atomic E-state index is 4.25. The van der Waals surface area contributed by atoms with Crippen molar-refractivity contribution in [2.75, 3.05) is 13.1 Å². The Bertz CT molecular complexity index is 503. The van der Waals surface area contributed by atoms with Gasteiger partial charge in [0.25, 0.3) is 0 Å². The molecule has 104 valence electrons. The molecular formula is C13H21N5S. The molecule has 0 saturated heterocycles. The van der Waals surface area contributed by atoms with Crippen LogP contribution < -0.4 is 5.32 Å². The van der Waals surface area contributed by atoms with Crippen LogP contribution in [-0.2, 0) is 6.42 Å². The van der Waals surface area contributed by atoms with Gasteiger partial charge in [-0.1, -0.05) is 25.2 Å². The van der Waals surface area contributed by atoms with Crippen LogP contribution in [0, 0.1) is 12.8 Å². The van der Waals surface area contributed by atoms with Crippen molar-refractivity contribution in [3.63, 3.8) is 0 Å². The van der Waals surface area contributed by atoms with E-state index in [1.54, 1.807) is 11.3 Å². The Hall–Kier alpha value is -1.27. The summed E-state index contributed by atoms with van der Waals surface area (Å²) in [5.41, 5.74) is 2.10. The van der Waals surface area contributed by atoms with Gasteiger partial charge in [-0.2, -0.15) is 5.10 Å². The van der Waals surface area contributed by atoms with E-state index in [4.69, 9.17) is 0 Å². The summed E-state index contributed by atoms with van der Waals surface area (Å²) in [7, 11) is 0. The van der Waals surface area contributed by atoms with E-state index >= 15 is 0 Å². The fourth-order valence-electron chi connectivity index (χ4n) is 1.79. The van der Waals surface area contributed by atoms with Crippen molar-refractivity contribution in [1.82, 2.24) is 25.7 Å². The van der Waals surface area contributed by atoms with Gasteiger partial charge in [0.1, 0.15) is 5.01 Å². The van der Waals surface area contributed by atoms with Crippen molar-refractivity contribution in [3.8, 4) is 10.6 Å². The van der Waals surface area contributed by atoms with E-state index in [9.17, 15) is 0 Å². The van der Waals surface area contributed by atoms with E-state index in [1.807, 2.05) is 13.1 Å². The van der Waals surface area contributed by atoms with Gasteiger partial charge in [-0.25, -0.2) is 0 Å². The quantitative estimate of drug-likeness (QED) is 0.764. The number of rotatable bonds is 7. The Balaban J connectivity index is 1.80. The topological polar surface area (TPSA) is 66.5 Å². The molecule has 5 nitrogen and oxygen atoms in total. The van der Waals surface area contributed by atoms with Gasteiger partial charge in [-0.3, -0.25) is 5.10 Å². The standard InChI is InChI=1S/C13H21N5S/c1-9(2)7-14-6-4-5-12-17-18-13(19-12)11-8-15-16-10(11)3/h8-9,14H,4-7H2,1-3H3,(H,15,16). The molecule has 2 heterocycles. The van der Waals surface area contributed by atoms with Crippen LogP contribution >= 0.6 is 11.3 Å².